The van der Waals surface area contributed by atoms with Crippen LogP contribution in [0.3, 0.4) is 0 Å². The highest BCUT2D eigenvalue weighted by Crippen LogP contribution is 2.37. The Hall–Kier alpha value is -2.28. The van der Waals surface area contributed by atoms with Crippen LogP contribution in [0.15, 0.2) is 36.8 Å². The predicted octanol–water partition coefficient (Wildman–Crippen LogP) is 4.72. The number of fused-ring (bicyclic) bond motifs is 2. The molecule has 0 aliphatic heterocycles. The largest absolute Gasteiger partial charge is 0.365 e. The van der Waals surface area contributed by atoms with Crippen LogP contribution in [0, 0.1) is 0 Å². The average Bonchev–Trinajstić information content (AvgIpc) is 3.30. The van der Waals surface area contributed by atoms with Gasteiger partial charge in [-0.05, 0) is 38.4 Å². The normalized spacial score (nSPS) is 12.7. The van der Waals surface area contributed by atoms with Gasteiger partial charge in [0.25, 0.3) is 0 Å². The van der Waals surface area contributed by atoms with Crippen LogP contribution in [0.5, 0.6) is 0 Å². The van der Waals surface area contributed by atoms with E-state index < -0.39 is 0 Å². The molecular formula is C19H20Cl2N6. The molecule has 140 valence electrons. The highest BCUT2D eigenvalue weighted by Gasteiger charge is 2.19. The van der Waals surface area contributed by atoms with Gasteiger partial charge in [0.1, 0.15) is 10.8 Å². The van der Waals surface area contributed by atoms with Crippen LogP contribution >= 0.6 is 23.2 Å². The first-order chi connectivity index (χ1) is 13.1. The highest BCUT2D eigenvalue weighted by atomic mass is 35.5. The third-order valence-electron chi connectivity index (χ3n) is 4.62. The molecule has 4 N–H and O–H groups in total. The molecule has 8 heteroatoms. The quantitative estimate of drug-likeness (QED) is 0.435. The number of anilines is 1. The fourth-order valence-corrected chi connectivity index (χ4v) is 3.84. The van der Waals surface area contributed by atoms with Crippen LogP contribution in [-0.2, 0) is 0 Å². The van der Waals surface area contributed by atoms with Gasteiger partial charge in [0.05, 0.1) is 5.02 Å². The van der Waals surface area contributed by atoms with E-state index in [1.807, 2.05) is 35.0 Å². The number of nitrogens with one attached hydrogen (secondary N) is 2. The number of halogens is 2. The molecule has 0 aliphatic carbocycles. The first-order valence-corrected chi connectivity index (χ1v) is 9.61. The molecule has 27 heavy (non-hydrogen) atoms. The summed E-state index contributed by atoms with van der Waals surface area (Å²) in [6.07, 6.45) is 7.31. The lowest BCUT2D eigenvalue weighted by Crippen LogP contribution is -2.18. The third kappa shape index (κ3) is 3.25. The Balaban J connectivity index is 1.87. The third-order valence-corrected chi connectivity index (χ3v) is 5.29. The van der Waals surface area contributed by atoms with Gasteiger partial charge < -0.3 is 16.0 Å². The minimum absolute atomic E-state index is 0.210. The Morgan fingerprint density at radius 2 is 2.19 bits per heavy atom. The zero-order valence-electron chi connectivity index (χ0n) is 14.8. The number of aromatic amines is 1. The molecule has 0 bridgehead atoms. The Morgan fingerprint density at radius 3 is 3.00 bits per heavy atom. The van der Waals surface area contributed by atoms with Gasteiger partial charge in [0.15, 0.2) is 11.5 Å². The fraction of sp³-hybridized carbons (Fsp3) is 0.263. The molecule has 6 nitrogen and oxygen atoms in total. The van der Waals surface area contributed by atoms with Gasteiger partial charge in [-0.2, -0.15) is 0 Å². The summed E-state index contributed by atoms with van der Waals surface area (Å²) in [7, 11) is 0. The van der Waals surface area contributed by atoms with Crippen LogP contribution in [0.2, 0.25) is 10.2 Å². The number of hydrogen-bond donors (Lipinski definition) is 3. The lowest BCUT2D eigenvalue weighted by atomic mass is 10.1. The Morgan fingerprint density at radius 1 is 1.33 bits per heavy atom. The number of imidazole rings is 1. The smallest absolute Gasteiger partial charge is 0.181 e. The molecule has 1 unspecified atom stereocenters. The van der Waals surface area contributed by atoms with Gasteiger partial charge >= 0.3 is 0 Å². The average molecular weight is 403 g/mol. The summed E-state index contributed by atoms with van der Waals surface area (Å²) in [5.74, 6) is 0.685. The second-order valence-electron chi connectivity index (χ2n) is 6.56. The van der Waals surface area contributed by atoms with Gasteiger partial charge in [-0.15, -0.1) is 0 Å². The van der Waals surface area contributed by atoms with E-state index in [1.165, 1.54) is 0 Å². The van der Waals surface area contributed by atoms with Crippen LogP contribution in [0.25, 0.3) is 27.8 Å². The van der Waals surface area contributed by atoms with Gasteiger partial charge in [-0.25, -0.2) is 9.97 Å². The fourth-order valence-electron chi connectivity index (χ4n) is 3.28. The van der Waals surface area contributed by atoms with Crippen molar-refractivity contribution in [3.8, 4) is 11.3 Å². The van der Waals surface area contributed by atoms with Crippen molar-refractivity contribution in [2.45, 2.75) is 25.8 Å². The standard InChI is InChI=1S/C19H20Cl2N6/c1-11(4-3-7-22)25-18-19-23-8-9-27(19)17(21)16(26-18)12-10-24-14-6-2-5-13(20)15(12)14/h2,5-6,8-11,24H,3-4,7,22H2,1H3,(H,25,26). The zero-order valence-corrected chi connectivity index (χ0v) is 16.3. The topological polar surface area (TPSA) is 84.0 Å². The second-order valence-corrected chi connectivity index (χ2v) is 7.33. The SMILES string of the molecule is CC(CCCN)Nc1nc(-c2c[nH]c3cccc(Cl)c23)c(Cl)n2ccnc12. The van der Waals surface area contributed by atoms with Crippen molar-refractivity contribution in [2.24, 2.45) is 5.73 Å². The maximum atomic E-state index is 6.68. The predicted molar refractivity (Wildman–Crippen MR) is 112 cm³/mol. The minimum atomic E-state index is 0.210. The maximum Gasteiger partial charge on any atom is 0.181 e. The molecular weight excluding hydrogens is 383 g/mol. The van der Waals surface area contributed by atoms with E-state index >= 15 is 0 Å². The summed E-state index contributed by atoms with van der Waals surface area (Å²) in [5, 5.41) is 5.48. The van der Waals surface area contributed by atoms with Crippen molar-refractivity contribution in [3.63, 3.8) is 0 Å². The summed E-state index contributed by atoms with van der Waals surface area (Å²) in [6, 6.07) is 5.95. The van der Waals surface area contributed by atoms with Gasteiger partial charge in [0, 0.05) is 41.1 Å². The molecule has 0 spiro atoms. The van der Waals surface area contributed by atoms with Crippen LogP contribution in [0.4, 0.5) is 5.82 Å². The number of hydrogen-bond acceptors (Lipinski definition) is 4. The monoisotopic (exact) mass is 402 g/mol. The van der Waals surface area contributed by atoms with Crippen LogP contribution < -0.4 is 11.1 Å². The number of H-pyrrole nitrogens is 1. The van der Waals surface area contributed by atoms with E-state index in [9.17, 15) is 0 Å². The summed E-state index contributed by atoms with van der Waals surface area (Å²) in [4.78, 5) is 12.5. The molecule has 4 aromatic rings. The maximum absolute atomic E-state index is 6.68. The molecule has 0 fully saturated rings. The van der Waals surface area contributed by atoms with Crippen molar-refractivity contribution < 1.29 is 0 Å². The molecule has 0 saturated heterocycles. The van der Waals surface area contributed by atoms with Crippen molar-refractivity contribution in [1.82, 2.24) is 19.4 Å². The Bertz CT molecular complexity index is 1100. The molecule has 1 atom stereocenters. The molecule has 0 amide bonds. The number of benzene rings is 1. The van der Waals surface area contributed by atoms with E-state index in [0.29, 0.717) is 33.9 Å². The molecule has 1 aromatic carbocycles. The summed E-state index contributed by atoms with van der Waals surface area (Å²) < 4.78 is 1.83. The van der Waals surface area contributed by atoms with Gasteiger partial charge in [-0.1, -0.05) is 29.3 Å². The number of rotatable bonds is 6. The van der Waals surface area contributed by atoms with E-state index in [4.69, 9.17) is 33.9 Å². The molecule has 3 aromatic heterocycles. The molecule has 0 aliphatic rings. The summed E-state index contributed by atoms with van der Waals surface area (Å²) in [5.41, 5.74) is 8.76. The molecule has 0 saturated carbocycles. The van der Waals surface area contributed by atoms with Crippen molar-refractivity contribution >= 4 is 45.6 Å². The Kier molecular flexibility index (Phi) is 4.95. The van der Waals surface area contributed by atoms with Gasteiger partial charge in [-0.3, -0.25) is 4.40 Å². The van der Waals surface area contributed by atoms with E-state index in [0.717, 1.165) is 29.3 Å². The lowest BCUT2D eigenvalue weighted by Gasteiger charge is -2.16. The van der Waals surface area contributed by atoms with E-state index in [-0.39, 0.29) is 6.04 Å². The molecule has 0 radical (unpaired) electrons. The number of nitrogens with two attached hydrogens (primary N) is 1. The van der Waals surface area contributed by atoms with Crippen LogP contribution in [-0.4, -0.2) is 31.9 Å². The minimum Gasteiger partial charge on any atom is -0.365 e. The van der Waals surface area contributed by atoms with Crippen LogP contribution in [0.1, 0.15) is 19.8 Å². The molecule has 4 rings (SSSR count). The van der Waals surface area contributed by atoms with E-state index in [2.05, 4.69) is 22.2 Å². The van der Waals surface area contributed by atoms with Crippen molar-refractivity contribution in [1.29, 1.82) is 0 Å². The lowest BCUT2D eigenvalue weighted by molar-refractivity contribution is 0.661. The summed E-state index contributed by atoms with van der Waals surface area (Å²) in [6.45, 7) is 2.77. The second kappa shape index (κ2) is 7.38. The Labute approximate surface area is 166 Å². The number of nitrogens with zero attached hydrogens (tertiary/aromatic N) is 3. The summed E-state index contributed by atoms with van der Waals surface area (Å²) >= 11 is 13.1. The van der Waals surface area contributed by atoms with Crippen molar-refractivity contribution in [2.75, 3.05) is 11.9 Å². The zero-order chi connectivity index (χ0) is 19.0. The van der Waals surface area contributed by atoms with Gasteiger partial charge in [0.2, 0.25) is 0 Å². The van der Waals surface area contributed by atoms with Crippen molar-refractivity contribution in [3.05, 3.63) is 47.0 Å². The highest BCUT2D eigenvalue weighted by molar-refractivity contribution is 6.37. The number of aromatic nitrogens is 4. The first kappa shape index (κ1) is 18.1. The first-order valence-electron chi connectivity index (χ1n) is 8.85. The van der Waals surface area contributed by atoms with E-state index in [1.54, 1.807) is 6.20 Å². The molecule has 3 heterocycles.